The maximum atomic E-state index is 12.6. The zero-order valence-corrected chi connectivity index (χ0v) is 12.5. The molecule has 108 valence electrons. The second kappa shape index (κ2) is 5.43. The van der Waals surface area contributed by atoms with Gasteiger partial charge in [0, 0.05) is 18.8 Å². The van der Waals surface area contributed by atoms with Crippen LogP contribution in [0.5, 0.6) is 0 Å². The van der Waals surface area contributed by atoms with Crippen molar-refractivity contribution in [3.05, 3.63) is 23.8 Å². The van der Waals surface area contributed by atoms with E-state index in [1.807, 2.05) is 6.07 Å². The Morgan fingerprint density at radius 1 is 1.45 bits per heavy atom. The number of nitrogens with zero attached hydrogens (tertiary/aromatic N) is 2. The average Bonchev–Trinajstić information content (AvgIpc) is 2.88. The Labute approximate surface area is 120 Å². The summed E-state index contributed by atoms with van der Waals surface area (Å²) in [5, 5.41) is 9.10. The molecule has 1 aliphatic rings. The Bertz CT molecular complexity index is 647. The fraction of sp³-hybridized carbons (Fsp3) is 0.500. The molecule has 0 aliphatic carbocycles. The van der Waals surface area contributed by atoms with Gasteiger partial charge in [-0.3, -0.25) is 0 Å². The van der Waals surface area contributed by atoms with Crippen LogP contribution in [0, 0.1) is 23.2 Å². The van der Waals surface area contributed by atoms with E-state index in [1.165, 1.54) is 22.5 Å². The van der Waals surface area contributed by atoms with Gasteiger partial charge in [0.15, 0.2) is 0 Å². The SMILES string of the molecule is CC(C)C1CCN(S(=O)(=O)c2ccc(N)cc2C#N)C1. The molecule has 6 heteroatoms. The van der Waals surface area contributed by atoms with E-state index in [0.717, 1.165) is 6.42 Å². The summed E-state index contributed by atoms with van der Waals surface area (Å²) < 4.78 is 26.7. The maximum absolute atomic E-state index is 12.6. The van der Waals surface area contributed by atoms with Crippen LogP contribution in [0.25, 0.3) is 0 Å². The Balaban J connectivity index is 2.35. The highest BCUT2D eigenvalue weighted by Gasteiger charge is 2.34. The van der Waals surface area contributed by atoms with Gasteiger partial charge in [-0.1, -0.05) is 13.8 Å². The first-order chi connectivity index (χ1) is 9.36. The molecule has 20 heavy (non-hydrogen) atoms. The smallest absolute Gasteiger partial charge is 0.244 e. The van der Waals surface area contributed by atoms with E-state index in [-0.39, 0.29) is 10.5 Å². The monoisotopic (exact) mass is 293 g/mol. The molecule has 0 spiro atoms. The van der Waals surface area contributed by atoms with Crippen molar-refractivity contribution < 1.29 is 8.42 Å². The quantitative estimate of drug-likeness (QED) is 0.861. The van der Waals surface area contributed by atoms with E-state index in [0.29, 0.717) is 30.6 Å². The molecule has 0 saturated carbocycles. The minimum atomic E-state index is -3.61. The number of sulfonamides is 1. The van der Waals surface area contributed by atoms with Crippen molar-refractivity contribution in [1.82, 2.24) is 4.31 Å². The molecule has 2 N–H and O–H groups in total. The molecule has 0 amide bonds. The van der Waals surface area contributed by atoms with Crippen LogP contribution in [0.15, 0.2) is 23.1 Å². The normalized spacial score (nSPS) is 20.2. The van der Waals surface area contributed by atoms with Crippen molar-refractivity contribution in [2.75, 3.05) is 18.8 Å². The van der Waals surface area contributed by atoms with Gasteiger partial charge in [-0.15, -0.1) is 0 Å². The molecule has 1 saturated heterocycles. The lowest BCUT2D eigenvalue weighted by atomic mass is 9.96. The molecular formula is C14H19N3O2S. The lowest BCUT2D eigenvalue weighted by Crippen LogP contribution is -2.30. The number of hydrogen-bond donors (Lipinski definition) is 1. The minimum Gasteiger partial charge on any atom is -0.399 e. The van der Waals surface area contributed by atoms with Gasteiger partial charge >= 0.3 is 0 Å². The lowest BCUT2D eigenvalue weighted by Gasteiger charge is -2.18. The Hall–Kier alpha value is -1.58. The first-order valence-electron chi connectivity index (χ1n) is 6.66. The van der Waals surface area contributed by atoms with Gasteiger partial charge in [-0.05, 0) is 36.5 Å². The molecule has 0 aromatic heterocycles. The zero-order valence-electron chi connectivity index (χ0n) is 11.7. The first-order valence-corrected chi connectivity index (χ1v) is 8.10. The van der Waals surface area contributed by atoms with Crippen LogP contribution < -0.4 is 5.73 Å². The highest BCUT2D eigenvalue weighted by molar-refractivity contribution is 7.89. The van der Waals surface area contributed by atoms with E-state index >= 15 is 0 Å². The molecule has 5 nitrogen and oxygen atoms in total. The molecule has 1 aliphatic heterocycles. The van der Waals surface area contributed by atoms with E-state index in [1.54, 1.807) is 0 Å². The van der Waals surface area contributed by atoms with Gasteiger partial charge in [-0.25, -0.2) is 8.42 Å². The Kier molecular flexibility index (Phi) is 4.02. The van der Waals surface area contributed by atoms with E-state index in [9.17, 15) is 8.42 Å². The van der Waals surface area contributed by atoms with Crippen LogP contribution in [-0.2, 0) is 10.0 Å². The second-order valence-corrected chi connectivity index (χ2v) is 7.43. The Morgan fingerprint density at radius 2 is 2.15 bits per heavy atom. The number of hydrogen-bond acceptors (Lipinski definition) is 4. The van der Waals surface area contributed by atoms with Gasteiger partial charge < -0.3 is 5.73 Å². The van der Waals surface area contributed by atoms with Crippen molar-refractivity contribution >= 4 is 15.7 Å². The molecule has 0 radical (unpaired) electrons. The molecule has 1 aromatic carbocycles. The van der Waals surface area contributed by atoms with E-state index < -0.39 is 10.0 Å². The fourth-order valence-electron chi connectivity index (χ4n) is 2.52. The standard InChI is InChI=1S/C14H19N3O2S/c1-10(2)11-5-6-17(9-11)20(18,19)14-4-3-13(16)7-12(14)8-15/h3-4,7,10-11H,5-6,9,16H2,1-2H3. The summed E-state index contributed by atoms with van der Waals surface area (Å²) >= 11 is 0. The van der Waals surface area contributed by atoms with E-state index in [2.05, 4.69) is 13.8 Å². The highest BCUT2D eigenvalue weighted by Crippen LogP contribution is 2.30. The molecule has 1 atom stereocenters. The summed E-state index contributed by atoms with van der Waals surface area (Å²) in [6.45, 7) is 5.24. The van der Waals surface area contributed by atoms with Crippen LogP contribution >= 0.6 is 0 Å². The predicted molar refractivity (Wildman–Crippen MR) is 77.3 cm³/mol. The summed E-state index contributed by atoms with van der Waals surface area (Å²) in [5.41, 5.74) is 6.10. The Morgan fingerprint density at radius 3 is 2.70 bits per heavy atom. The van der Waals surface area contributed by atoms with Crippen LogP contribution in [0.1, 0.15) is 25.8 Å². The second-order valence-electron chi connectivity index (χ2n) is 5.52. The number of rotatable bonds is 3. The van der Waals surface area contributed by atoms with Crippen molar-refractivity contribution in [2.45, 2.75) is 25.2 Å². The summed E-state index contributed by atoms with van der Waals surface area (Å²) in [6, 6.07) is 6.26. The van der Waals surface area contributed by atoms with Crippen molar-refractivity contribution in [2.24, 2.45) is 11.8 Å². The largest absolute Gasteiger partial charge is 0.399 e. The van der Waals surface area contributed by atoms with E-state index in [4.69, 9.17) is 11.0 Å². The topological polar surface area (TPSA) is 87.2 Å². The van der Waals surface area contributed by atoms with Crippen molar-refractivity contribution in [3.63, 3.8) is 0 Å². The third-order valence-electron chi connectivity index (χ3n) is 3.87. The van der Waals surface area contributed by atoms with Crippen molar-refractivity contribution in [3.8, 4) is 6.07 Å². The molecule has 1 fully saturated rings. The summed E-state index contributed by atoms with van der Waals surface area (Å²) in [6.07, 6.45) is 0.869. The van der Waals surface area contributed by atoms with Crippen LogP contribution in [-0.4, -0.2) is 25.8 Å². The number of nitrogen functional groups attached to an aromatic ring is 1. The third-order valence-corrected chi connectivity index (χ3v) is 5.80. The minimum absolute atomic E-state index is 0.0543. The predicted octanol–water partition coefficient (Wildman–Crippen LogP) is 1.81. The molecular weight excluding hydrogens is 274 g/mol. The molecule has 0 bridgehead atoms. The number of nitriles is 1. The number of benzene rings is 1. The number of nitrogens with two attached hydrogens (primary N) is 1. The van der Waals surface area contributed by atoms with Gasteiger partial charge in [0.1, 0.15) is 11.0 Å². The first kappa shape index (κ1) is 14.8. The van der Waals surface area contributed by atoms with Gasteiger partial charge in [0.25, 0.3) is 0 Å². The highest BCUT2D eigenvalue weighted by atomic mass is 32.2. The van der Waals surface area contributed by atoms with Gasteiger partial charge in [0.05, 0.1) is 5.56 Å². The molecule has 1 unspecified atom stereocenters. The summed E-state index contributed by atoms with van der Waals surface area (Å²) in [4.78, 5) is 0.0543. The summed E-state index contributed by atoms with van der Waals surface area (Å²) in [7, 11) is -3.61. The van der Waals surface area contributed by atoms with Crippen molar-refractivity contribution in [1.29, 1.82) is 5.26 Å². The molecule has 1 heterocycles. The van der Waals surface area contributed by atoms with Crippen LogP contribution in [0.2, 0.25) is 0 Å². The van der Waals surface area contributed by atoms with Gasteiger partial charge in [-0.2, -0.15) is 9.57 Å². The molecule has 2 rings (SSSR count). The maximum Gasteiger partial charge on any atom is 0.244 e. The summed E-state index contributed by atoms with van der Waals surface area (Å²) in [5.74, 6) is 0.834. The molecule has 1 aromatic rings. The third kappa shape index (κ3) is 2.65. The fourth-order valence-corrected chi connectivity index (χ4v) is 4.15. The zero-order chi connectivity index (χ0) is 14.9. The lowest BCUT2D eigenvalue weighted by molar-refractivity contribution is 0.388. The van der Waals surface area contributed by atoms with Crippen LogP contribution in [0.3, 0.4) is 0 Å². The van der Waals surface area contributed by atoms with Crippen LogP contribution in [0.4, 0.5) is 5.69 Å². The number of anilines is 1. The average molecular weight is 293 g/mol. The van der Waals surface area contributed by atoms with Gasteiger partial charge in [0.2, 0.25) is 10.0 Å².